The van der Waals surface area contributed by atoms with E-state index in [1.54, 1.807) is 41.5 Å². The fourth-order valence-electron chi connectivity index (χ4n) is 4.02. The first-order chi connectivity index (χ1) is 20.1. The summed E-state index contributed by atoms with van der Waals surface area (Å²) in [5.74, 6) is -0.945. The van der Waals surface area contributed by atoms with Gasteiger partial charge < -0.3 is 35.8 Å². The third kappa shape index (κ3) is 14.6. The lowest BCUT2D eigenvalue weighted by atomic mass is 10.0. The molecule has 3 atom stereocenters. The van der Waals surface area contributed by atoms with Gasteiger partial charge in [-0.3, -0.25) is 9.59 Å². The van der Waals surface area contributed by atoms with Gasteiger partial charge in [0.05, 0.1) is 12.6 Å². The molecule has 0 radical (unpaired) electrons. The van der Waals surface area contributed by atoms with Crippen LogP contribution < -0.4 is 21.3 Å². The number of amides is 4. The van der Waals surface area contributed by atoms with Crippen molar-refractivity contribution in [3.63, 3.8) is 0 Å². The summed E-state index contributed by atoms with van der Waals surface area (Å²) in [6.45, 7) is 10.1. The number of aliphatic hydroxyl groups excluding tert-OH is 1. The predicted octanol–water partition coefficient (Wildman–Crippen LogP) is 3.24. The summed E-state index contributed by atoms with van der Waals surface area (Å²) in [4.78, 5) is 51.2. The van der Waals surface area contributed by atoms with Crippen molar-refractivity contribution in [3.8, 4) is 0 Å². The van der Waals surface area contributed by atoms with Crippen LogP contribution in [0.4, 0.5) is 9.59 Å². The molecule has 5 N–H and O–H groups in total. The molecule has 0 aliphatic carbocycles. The molecule has 11 heteroatoms. The number of carbonyl (C=O) groups is 4. The van der Waals surface area contributed by atoms with Crippen molar-refractivity contribution in [2.24, 2.45) is 0 Å². The molecule has 0 heterocycles. The van der Waals surface area contributed by atoms with Crippen molar-refractivity contribution < 1.29 is 33.8 Å². The van der Waals surface area contributed by atoms with Gasteiger partial charge in [-0.15, -0.1) is 0 Å². The van der Waals surface area contributed by atoms with Gasteiger partial charge >= 0.3 is 12.2 Å². The van der Waals surface area contributed by atoms with Crippen LogP contribution in [-0.2, 0) is 31.9 Å². The van der Waals surface area contributed by atoms with E-state index in [4.69, 9.17) is 9.47 Å². The molecule has 0 spiro atoms. The summed E-state index contributed by atoms with van der Waals surface area (Å²) in [7, 11) is 0. The lowest BCUT2D eigenvalue weighted by Gasteiger charge is -2.25. The average molecular weight is 599 g/mol. The third-order valence-corrected chi connectivity index (χ3v) is 5.94. The van der Waals surface area contributed by atoms with E-state index in [0.717, 1.165) is 11.1 Å². The van der Waals surface area contributed by atoms with E-state index in [0.29, 0.717) is 0 Å². The fourth-order valence-corrected chi connectivity index (χ4v) is 4.02. The van der Waals surface area contributed by atoms with Crippen molar-refractivity contribution in [2.45, 2.75) is 90.1 Å². The van der Waals surface area contributed by atoms with E-state index >= 15 is 0 Å². The van der Waals surface area contributed by atoms with E-state index in [-0.39, 0.29) is 25.8 Å². The van der Waals surface area contributed by atoms with Gasteiger partial charge in [-0.05, 0) is 59.1 Å². The van der Waals surface area contributed by atoms with Crippen LogP contribution in [0.2, 0.25) is 0 Å². The maximum Gasteiger partial charge on any atom is 0.408 e. The second kappa shape index (κ2) is 16.5. The predicted molar refractivity (Wildman–Crippen MR) is 163 cm³/mol. The smallest absolute Gasteiger partial charge is 0.408 e. The van der Waals surface area contributed by atoms with Crippen LogP contribution in [0.15, 0.2) is 60.7 Å². The van der Waals surface area contributed by atoms with Crippen LogP contribution in [0.1, 0.15) is 59.1 Å². The molecule has 43 heavy (non-hydrogen) atoms. The number of hydrogen-bond donors (Lipinski definition) is 5. The normalized spacial score (nSPS) is 13.6. The Balaban J connectivity index is 2.02. The summed E-state index contributed by atoms with van der Waals surface area (Å²) in [6.07, 6.45) is -0.811. The zero-order valence-electron chi connectivity index (χ0n) is 25.9. The number of aliphatic hydroxyl groups is 1. The summed E-state index contributed by atoms with van der Waals surface area (Å²) in [5, 5.41) is 20.8. The molecule has 0 aromatic heterocycles. The second-order valence-corrected chi connectivity index (χ2v) is 12.2. The minimum atomic E-state index is -0.964. The van der Waals surface area contributed by atoms with Crippen molar-refractivity contribution in [1.29, 1.82) is 0 Å². The molecular weight excluding hydrogens is 552 g/mol. The molecule has 236 valence electrons. The Morgan fingerprint density at radius 3 is 1.49 bits per heavy atom. The maximum atomic E-state index is 13.2. The van der Waals surface area contributed by atoms with Crippen LogP contribution in [-0.4, -0.2) is 71.6 Å². The van der Waals surface area contributed by atoms with Crippen LogP contribution in [0.3, 0.4) is 0 Å². The van der Waals surface area contributed by atoms with Crippen LogP contribution in [0.25, 0.3) is 0 Å². The van der Waals surface area contributed by atoms with E-state index in [1.165, 1.54) is 0 Å². The zero-order valence-corrected chi connectivity index (χ0v) is 25.9. The molecular formula is C32H46N4O7. The monoisotopic (exact) mass is 598 g/mol. The molecule has 0 aliphatic rings. The molecule has 0 unspecified atom stereocenters. The summed E-state index contributed by atoms with van der Waals surface area (Å²) in [5.41, 5.74) is 0.191. The van der Waals surface area contributed by atoms with Gasteiger partial charge in [0, 0.05) is 19.4 Å². The highest BCUT2D eigenvalue weighted by Gasteiger charge is 2.27. The molecule has 0 bridgehead atoms. The Morgan fingerprint density at radius 2 is 1.09 bits per heavy atom. The molecule has 2 rings (SSSR count). The minimum Gasteiger partial charge on any atom is -0.444 e. The number of carbonyl (C=O) groups excluding carboxylic acids is 4. The van der Waals surface area contributed by atoms with E-state index < -0.39 is 59.9 Å². The van der Waals surface area contributed by atoms with Crippen molar-refractivity contribution in [1.82, 2.24) is 21.3 Å². The Labute approximate surface area is 254 Å². The van der Waals surface area contributed by atoms with Gasteiger partial charge in [0.1, 0.15) is 23.3 Å². The van der Waals surface area contributed by atoms with E-state index in [1.807, 2.05) is 60.7 Å². The molecule has 0 saturated heterocycles. The summed E-state index contributed by atoms with van der Waals surface area (Å²) < 4.78 is 10.7. The first-order valence-corrected chi connectivity index (χ1v) is 14.4. The Morgan fingerprint density at radius 1 is 0.674 bits per heavy atom. The summed E-state index contributed by atoms with van der Waals surface area (Å²) in [6, 6.07) is 15.9. The van der Waals surface area contributed by atoms with Crippen LogP contribution in [0, 0.1) is 0 Å². The van der Waals surface area contributed by atoms with Gasteiger partial charge in [-0.1, -0.05) is 60.7 Å². The highest BCUT2D eigenvalue weighted by molar-refractivity contribution is 5.87. The third-order valence-electron chi connectivity index (χ3n) is 5.94. The van der Waals surface area contributed by atoms with Gasteiger partial charge in [0.15, 0.2) is 0 Å². The highest BCUT2D eigenvalue weighted by Crippen LogP contribution is 2.11. The number of benzene rings is 2. The largest absolute Gasteiger partial charge is 0.444 e. The molecule has 2 aromatic carbocycles. The quantitative estimate of drug-likeness (QED) is 0.237. The molecule has 0 saturated carbocycles. The first-order valence-electron chi connectivity index (χ1n) is 14.4. The van der Waals surface area contributed by atoms with Crippen molar-refractivity contribution in [3.05, 3.63) is 71.8 Å². The Bertz CT molecular complexity index is 1180. The number of rotatable bonds is 13. The Hall–Kier alpha value is -4.12. The zero-order chi connectivity index (χ0) is 32.0. The maximum absolute atomic E-state index is 13.2. The molecule has 0 fully saturated rings. The topological polar surface area (TPSA) is 155 Å². The van der Waals surface area contributed by atoms with Gasteiger partial charge in [0.2, 0.25) is 11.8 Å². The average Bonchev–Trinajstić information content (AvgIpc) is 2.90. The van der Waals surface area contributed by atoms with Crippen LogP contribution >= 0.6 is 0 Å². The van der Waals surface area contributed by atoms with E-state index in [2.05, 4.69) is 21.3 Å². The SMILES string of the molecule is CC(C)(C)OC(=O)N[C@@H](Cc1ccccc1)C(=O)NCC[C@@H](CO)NC(=O)[C@H](Cc1ccccc1)NC(=O)OC(C)(C)C. The molecule has 0 aliphatic heterocycles. The van der Waals surface area contributed by atoms with Gasteiger partial charge in [-0.25, -0.2) is 9.59 Å². The number of alkyl carbamates (subject to hydrolysis) is 2. The number of nitrogens with one attached hydrogen (secondary N) is 4. The first kappa shape index (κ1) is 35.1. The molecule has 4 amide bonds. The molecule has 2 aromatic rings. The second-order valence-electron chi connectivity index (χ2n) is 12.2. The fraction of sp³-hybridized carbons (Fsp3) is 0.500. The summed E-state index contributed by atoms with van der Waals surface area (Å²) >= 11 is 0. The van der Waals surface area contributed by atoms with Crippen molar-refractivity contribution in [2.75, 3.05) is 13.2 Å². The highest BCUT2D eigenvalue weighted by atomic mass is 16.6. The van der Waals surface area contributed by atoms with Gasteiger partial charge in [-0.2, -0.15) is 0 Å². The lowest BCUT2D eigenvalue weighted by Crippen LogP contribution is -2.53. The lowest BCUT2D eigenvalue weighted by molar-refractivity contribution is -0.124. The molecule has 11 nitrogen and oxygen atoms in total. The number of hydrogen-bond acceptors (Lipinski definition) is 7. The minimum absolute atomic E-state index is 0.106. The van der Waals surface area contributed by atoms with Crippen LogP contribution in [0.5, 0.6) is 0 Å². The standard InChI is InChI=1S/C32H46N4O7/c1-31(2,3)42-29(40)35-25(19-22-13-9-7-10-14-22)27(38)33-18-17-24(21-37)34-28(39)26(20-23-15-11-8-12-16-23)36-30(41)43-32(4,5)6/h7-16,24-26,37H,17-21H2,1-6H3,(H,33,38)(H,34,39)(H,35,40)(H,36,41)/t24-,25-,26-/m0/s1. The van der Waals surface area contributed by atoms with Crippen molar-refractivity contribution >= 4 is 24.0 Å². The number of ether oxygens (including phenoxy) is 2. The Kier molecular flexibility index (Phi) is 13.5. The van der Waals surface area contributed by atoms with E-state index in [9.17, 15) is 24.3 Å². The van der Waals surface area contributed by atoms with Gasteiger partial charge in [0.25, 0.3) is 0 Å².